The lowest BCUT2D eigenvalue weighted by Gasteiger charge is -2.10. The van der Waals surface area contributed by atoms with Gasteiger partial charge in [-0.1, -0.05) is 35.6 Å². The molecule has 0 unspecified atom stereocenters. The van der Waals surface area contributed by atoms with E-state index in [-0.39, 0.29) is 0 Å². The molecule has 0 saturated carbocycles. The van der Waals surface area contributed by atoms with E-state index in [1.807, 2.05) is 72.8 Å². The zero-order chi connectivity index (χ0) is 21.2. The Morgan fingerprint density at radius 2 is 1.71 bits per heavy atom. The summed E-state index contributed by atoms with van der Waals surface area (Å²) in [6, 6.07) is 23.4. The fourth-order valence-electron chi connectivity index (χ4n) is 3.37. The van der Waals surface area contributed by atoms with Gasteiger partial charge in [-0.15, -0.1) is 0 Å². The fraction of sp³-hybridized carbons (Fsp3) is 0.0833. The summed E-state index contributed by atoms with van der Waals surface area (Å²) in [5.74, 6) is 1.97. The summed E-state index contributed by atoms with van der Waals surface area (Å²) in [4.78, 5) is 4.59. The first kappa shape index (κ1) is 19.1. The molecule has 0 bridgehead atoms. The maximum atomic E-state index is 6.16. The zero-order valence-corrected chi connectivity index (χ0v) is 17.8. The van der Waals surface area contributed by atoms with Crippen LogP contribution in [0.1, 0.15) is 0 Å². The fourth-order valence-corrected chi connectivity index (χ4v) is 4.18. The topological polar surface area (TPSA) is 68.9 Å². The zero-order valence-electron chi connectivity index (χ0n) is 17.0. The maximum absolute atomic E-state index is 6.16. The van der Waals surface area contributed by atoms with Gasteiger partial charge in [0.1, 0.15) is 11.3 Å². The average Bonchev–Trinajstić information content (AvgIpc) is 3.25. The molecule has 1 N–H and O–H groups in total. The Kier molecular flexibility index (Phi) is 5.01. The number of aromatic nitrogens is 1. The summed E-state index contributed by atoms with van der Waals surface area (Å²) in [5, 5.41) is 7.04. The second-order valence-corrected chi connectivity index (χ2v) is 7.80. The number of para-hydroxylation sites is 2. The van der Waals surface area contributed by atoms with Crippen LogP contribution in [0, 0.1) is 0 Å². The molecular formula is C24H19N3O3S. The maximum Gasteiger partial charge on any atom is 0.204 e. The number of nitrogens with one attached hydrogen (secondary N) is 1. The van der Waals surface area contributed by atoms with Crippen molar-refractivity contribution >= 4 is 37.7 Å². The standard InChI is InChI=1S/C24H19N3O3S/c1-28-20-12-11-15(13-22(20)29-2)21-14-18(16-7-3-5-9-19(16)30-21)26-27-24-25-17-8-4-6-10-23(17)31-24/h3-14H,1-2H3,(H,25,27). The van der Waals surface area contributed by atoms with E-state index in [0.717, 1.165) is 37.2 Å². The molecule has 7 heteroatoms. The predicted molar refractivity (Wildman–Crippen MR) is 124 cm³/mol. The Balaban J connectivity index is 1.61. The van der Waals surface area contributed by atoms with Crippen molar-refractivity contribution in [2.75, 3.05) is 19.6 Å². The van der Waals surface area contributed by atoms with Crippen molar-refractivity contribution in [3.05, 3.63) is 78.2 Å². The normalized spacial score (nSPS) is 11.7. The minimum Gasteiger partial charge on any atom is -0.493 e. The predicted octanol–water partition coefficient (Wildman–Crippen LogP) is 5.65. The second-order valence-electron chi connectivity index (χ2n) is 6.77. The van der Waals surface area contributed by atoms with E-state index in [4.69, 9.17) is 13.9 Å². The van der Waals surface area contributed by atoms with E-state index in [1.165, 1.54) is 0 Å². The van der Waals surface area contributed by atoms with Crippen molar-refractivity contribution in [1.29, 1.82) is 0 Å². The molecule has 0 spiro atoms. The Hall–Kier alpha value is -3.84. The molecule has 5 aromatic rings. The van der Waals surface area contributed by atoms with Crippen molar-refractivity contribution in [2.24, 2.45) is 5.10 Å². The van der Waals surface area contributed by atoms with Crippen LogP contribution in [0.4, 0.5) is 5.13 Å². The first-order valence-electron chi connectivity index (χ1n) is 9.66. The first-order chi connectivity index (χ1) is 15.2. The van der Waals surface area contributed by atoms with Gasteiger partial charge in [0, 0.05) is 17.0 Å². The third-order valence-electron chi connectivity index (χ3n) is 4.88. The summed E-state index contributed by atoms with van der Waals surface area (Å²) in [5.41, 5.74) is 5.65. The summed E-state index contributed by atoms with van der Waals surface area (Å²) >= 11 is 1.56. The Morgan fingerprint density at radius 1 is 0.903 bits per heavy atom. The highest BCUT2D eigenvalue weighted by molar-refractivity contribution is 7.22. The van der Waals surface area contributed by atoms with Crippen LogP contribution >= 0.6 is 11.3 Å². The molecule has 0 amide bonds. The van der Waals surface area contributed by atoms with Gasteiger partial charge < -0.3 is 13.9 Å². The van der Waals surface area contributed by atoms with E-state index in [9.17, 15) is 0 Å². The van der Waals surface area contributed by atoms with E-state index in [0.29, 0.717) is 17.3 Å². The van der Waals surface area contributed by atoms with E-state index in [1.54, 1.807) is 25.6 Å². The van der Waals surface area contributed by atoms with Gasteiger partial charge in [-0.25, -0.2) is 4.98 Å². The van der Waals surface area contributed by atoms with Crippen molar-refractivity contribution in [3.8, 4) is 22.8 Å². The largest absolute Gasteiger partial charge is 0.493 e. The summed E-state index contributed by atoms with van der Waals surface area (Å²) in [6.45, 7) is 0. The lowest BCUT2D eigenvalue weighted by molar-refractivity contribution is 0.355. The molecule has 0 fully saturated rings. The summed E-state index contributed by atoms with van der Waals surface area (Å²) < 4.78 is 18.1. The molecule has 0 radical (unpaired) electrons. The highest BCUT2D eigenvalue weighted by atomic mass is 32.1. The van der Waals surface area contributed by atoms with Gasteiger partial charge in [0.2, 0.25) is 5.13 Å². The van der Waals surface area contributed by atoms with Crippen LogP contribution in [0.3, 0.4) is 0 Å². The number of thiazole rings is 1. The van der Waals surface area contributed by atoms with Crippen LogP contribution < -0.4 is 20.3 Å². The Morgan fingerprint density at radius 3 is 2.55 bits per heavy atom. The highest BCUT2D eigenvalue weighted by Crippen LogP contribution is 2.32. The molecule has 0 aliphatic rings. The molecule has 2 heterocycles. The van der Waals surface area contributed by atoms with Gasteiger partial charge in [0.15, 0.2) is 11.5 Å². The molecule has 2 aromatic heterocycles. The number of anilines is 1. The lowest BCUT2D eigenvalue weighted by Crippen LogP contribution is -2.07. The molecule has 0 aliphatic heterocycles. The van der Waals surface area contributed by atoms with Crippen LogP contribution in [0.5, 0.6) is 11.5 Å². The molecule has 0 aliphatic carbocycles. The quantitative estimate of drug-likeness (QED) is 0.365. The number of rotatable bonds is 5. The Labute approximate surface area is 182 Å². The van der Waals surface area contributed by atoms with Gasteiger partial charge >= 0.3 is 0 Å². The van der Waals surface area contributed by atoms with E-state index in [2.05, 4.69) is 15.5 Å². The number of hydrogen-bond donors (Lipinski definition) is 1. The smallest absolute Gasteiger partial charge is 0.204 e. The second kappa shape index (κ2) is 8.12. The third kappa shape index (κ3) is 3.71. The van der Waals surface area contributed by atoms with Gasteiger partial charge in [-0.2, -0.15) is 5.10 Å². The van der Waals surface area contributed by atoms with Crippen LogP contribution in [-0.4, -0.2) is 19.2 Å². The number of benzene rings is 3. The minimum atomic E-state index is 0.634. The number of fused-ring (bicyclic) bond motifs is 2. The molecule has 0 atom stereocenters. The lowest BCUT2D eigenvalue weighted by atomic mass is 10.1. The number of ether oxygens (including phenoxy) is 2. The average molecular weight is 430 g/mol. The highest BCUT2D eigenvalue weighted by Gasteiger charge is 2.10. The summed E-state index contributed by atoms with van der Waals surface area (Å²) in [7, 11) is 3.23. The molecule has 3 aromatic carbocycles. The SMILES string of the molecule is COc1ccc(-c2cc(=NNc3nc4ccccc4s3)c3ccccc3o2)cc1OC. The van der Waals surface area contributed by atoms with Crippen molar-refractivity contribution in [2.45, 2.75) is 0 Å². The molecule has 5 rings (SSSR count). The Bertz CT molecular complexity index is 1420. The van der Waals surface area contributed by atoms with Gasteiger partial charge in [0.25, 0.3) is 0 Å². The number of nitrogens with zero attached hydrogens (tertiary/aromatic N) is 2. The van der Waals surface area contributed by atoms with Crippen molar-refractivity contribution in [1.82, 2.24) is 4.98 Å². The van der Waals surface area contributed by atoms with Gasteiger partial charge in [0.05, 0.1) is 29.8 Å². The van der Waals surface area contributed by atoms with Crippen LogP contribution in [-0.2, 0) is 0 Å². The van der Waals surface area contributed by atoms with E-state index >= 15 is 0 Å². The van der Waals surface area contributed by atoms with Gasteiger partial charge in [-0.3, -0.25) is 5.43 Å². The van der Waals surface area contributed by atoms with Crippen molar-refractivity contribution in [3.63, 3.8) is 0 Å². The van der Waals surface area contributed by atoms with Crippen LogP contribution in [0.15, 0.2) is 82.3 Å². The third-order valence-corrected chi connectivity index (χ3v) is 5.83. The number of methoxy groups -OCH3 is 2. The monoisotopic (exact) mass is 429 g/mol. The molecule has 0 saturated heterocycles. The summed E-state index contributed by atoms with van der Waals surface area (Å²) in [6.07, 6.45) is 0. The number of hydrogen-bond acceptors (Lipinski definition) is 7. The van der Waals surface area contributed by atoms with E-state index < -0.39 is 0 Å². The molecule has 6 nitrogen and oxygen atoms in total. The van der Waals surface area contributed by atoms with Gasteiger partial charge in [-0.05, 0) is 42.5 Å². The minimum absolute atomic E-state index is 0.634. The molecular weight excluding hydrogens is 410 g/mol. The van der Waals surface area contributed by atoms with Crippen LogP contribution in [0.2, 0.25) is 0 Å². The molecule has 154 valence electrons. The van der Waals surface area contributed by atoms with Crippen LogP contribution in [0.25, 0.3) is 32.5 Å². The first-order valence-corrected chi connectivity index (χ1v) is 10.5. The molecule has 31 heavy (non-hydrogen) atoms. The van der Waals surface area contributed by atoms with Crippen molar-refractivity contribution < 1.29 is 13.9 Å².